The van der Waals surface area contributed by atoms with Crippen molar-refractivity contribution in [2.24, 2.45) is 0 Å². The van der Waals surface area contributed by atoms with Crippen LogP contribution in [0.3, 0.4) is 0 Å². The number of rotatable bonds is 8. The third-order valence-corrected chi connectivity index (χ3v) is 5.42. The predicted octanol–water partition coefficient (Wildman–Crippen LogP) is 4.92. The minimum absolute atomic E-state index is 0.0806. The minimum atomic E-state index is -0.475. The molecule has 0 atom stereocenters. The number of ether oxygens (including phenoxy) is 3. The van der Waals surface area contributed by atoms with E-state index in [2.05, 4.69) is 15.0 Å². The van der Waals surface area contributed by atoms with Gasteiger partial charge in [-0.05, 0) is 43.3 Å². The van der Waals surface area contributed by atoms with Gasteiger partial charge in [0.05, 0.1) is 42.3 Å². The van der Waals surface area contributed by atoms with Crippen LogP contribution in [0.25, 0.3) is 27.7 Å². The first kappa shape index (κ1) is 21.5. The Labute approximate surface area is 189 Å². The minimum Gasteiger partial charge on any atom is -0.493 e. The summed E-state index contributed by atoms with van der Waals surface area (Å²) in [5.74, 6) is 0.860. The molecule has 0 saturated heterocycles. The Bertz CT molecular complexity index is 1270. The maximum absolute atomic E-state index is 12.1. The second-order valence-electron chi connectivity index (χ2n) is 6.67. The van der Waals surface area contributed by atoms with Crippen LogP contribution in [0.4, 0.5) is 0 Å². The van der Waals surface area contributed by atoms with Gasteiger partial charge < -0.3 is 14.2 Å². The van der Waals surface area contributed by atoms with Gasteiger partial charge in [-0.25, -0.2) is 14.8 Å². The molecule has 8 heteroatoms. The number of para-hydroxylation sites is 2. The number of fused-ring (bicyclic) bond motifs is 1. The average Bonchev–Trinajstić information content (AvgIpc) is 3.31. The number of aromatic nitrogens is 3. The van der Waals surface area contributed by atoms with Crippen LogP contribution in [0.15, 0.2) is 60.1 Å². The zero-order chi connectivity index (χ0) is 22.3. The van der Waals surface area contributed by atoms with Crippen LogP contribution in [0.1, 0.15) is 18.3 Å². The van der Waals surface area contributed by atoms with Crippen molar-refractivity contribution in [1.82, 2.24) is 15.0 Å². The Morgan fingerprint density at radius 2 is 1.94 bits per heavy atom. The summed E-state index contributed by atoms with van der Waals surface area (Å²) >= 11 is 1.47. The highest BCUT2D eigenvalue weighted by Crippen LogP contribution is 2.33. The summed E-state index contributed by atoms with van der Waals surface area (Å²) in [6, 6.07) is 13.2. The Kier molecular flexibility index (Phi) is 6.72. The highest BCUT2D eigenvalue weighted by atomic mass is 32.1. The van der Waals surface area contributed by atoms with Crippen molar-refractivity contribution in [1.29, 1.82) is 0 Å². The Morgan fingerprint density at radius 3 is 2.75 bits per heavy atom. The average molecular weight is 448 g/mol. The molecule has 0 saturated carbocycles. The van der Waals surface area contributed by atoms with Gasteiger partial charge in [0.2, 0.25) is 0 Å². The molecule has 0 aliphatic heterocycles. The smallest absolute Gasteiger partial charge is 0.331 e. The SMILES string of the molecule is CCOc1ccc(-c2nc(COC(=O)/C=C/c3cnc4ccccc4n3)cs2)cc1OC. The molecule has 2 heterocycles. The summed E-state index contributed by atoms with van der Waals surface area (Å²) < 4.78 is 16.3. The number of thiazole rings is 1. The van der Waals surface area contributed by atoms with Crippen LogP contribution in [-0.4, -0.2) is 34.6 Å². The van der Waals surface area contributed by atoms with E-state index in [1.54, 1.807) is 19.4 Å². The predicted molar refractivity (Wildman–Crippen MR) is 124 cm³/mol. The molecule has 0 N–H and O–H groups in total. The first-order valence-corrected chi connectivity index (χ1v) is 10.9. The number of esters is 1. The van der Waals surface area contributed by atoms with Crippen molar-refractivity contribution >= 4 is 34.4 Å². The summed E-state index contributed by atoms with van der Waals surface area (Å²) in [5, 5.41) is 2.67. The molecule has 4 rings (SSSR count). The first-order chi connectivity index (χ1) is 15.7. The number of carbonyl (C=O) groups is 1. The van der Waals surface area contributed by atoms with Gasteiger partial charge in [-0.1, -0.05) is 12.1 Å². The Morgan fingerprint density at radius 1 is 1.09 bits per heavy atom. The summed E-state index contributed by atoms with van der Waals surface area (Å²) in [6.07, 6.45) is 4.54. The molecule has 0 spiro atoms. The largest absolute Gasteiger partial charge is 0.493 e. The number of benzene rings is 2. The quantitative estimate of drug-likeness (QED) is 0.280. The fraction of sp³-hybridized carbons (Fsp3) is 0.167. The van der Waals surface area contributed by atoms with Crippen LogP contribution in [0.5, 0.6) is 11.5 Å². The molecule has 0 amide bonds. The lowest BCUT2D eigenvalue weighted by molar-refractivity contribution is -0.139. The third kappa shape index (κ3) is 5.09. The van der Waals surface area contributed by atoms with E-state index in [1.807, 2.05) is 54.8 Å². The van der Waals surface area contributed by atoms with Crippen LogP contribution < -0.4 is 9.47 Å². The van der Waals surface area contributed by atoms with E-state index >= 15 is 0 Å². The van der Waals surface area contributed by atoms with E-state index in [0.29, 0.717) is 29.5 Å². The maximum Gasteiger partial charge on any atom is 0.331 e. The van der Waals surface area contributed by atoms with E-state index in [-0.39, 0.29) is 6.61 Å². The summed E-state index contributed by atoms with van der Waals surface area (Å²) in [7, 11) is 1.60. The van der Waals surface area contributed by atoms with E-state index in [4.69, 9.17) is 14.2 Å². The molecular weight excluding hydrogens is 426 g/mol. The maximum atomic E-state index is 12.1. The fourth-order valence-electron chi connectivity index (χ4n) is 2.98. The normalized spacial score (nSPS) is 11.1. The summed E-state index contributed by atoms with van der Waals surface area (Å²) in [4.78, 5) is 25.4. The fourth-order valence-corrected chi connectivity index (χ4v) is 3.78. The number of hydrogen-bond donors (Lipinski definition) is 0. The van der Waals surface area contributed by atoms with Gasteiger partial charge in [-0.3, -0.25) is 4.98 Å². The monoisotopic (exact) mass is 447 g/mol. The van der Waals surface area contributed by atoms with Crippen LogP contribution in [-0.2, 0) is 16.1 Å². The van der Waals surface area contributed by atoms with Crippen LogP contribution >= 0.6 is 11.3 Å². The second-order valence-corrected chi connectivity index (χ2v) is 7.53. The van der Waals surface area contributed by atoms with Crippen molar-refractivity contribution in [2.45, 2.75) is 13.5 Å². The van der Waals surface area contributed by atoms with Crippen LogP contribution in [0.2, 0.25) is 0 Å². The summed E-state index contributed by atoms with van der Waals surface area (Å²) in [6.45, 7) is 2.56. The number of carbonyl (C=O) groups excluding carboxylic acids is 1. The van der Waals surface area contributed by atoms with E-state index in [0.717, 1.165) is 21.6 Å². The molecule has 32 heavy (non-hydrogen) atoms. The molecule has 0 unspecified atom stereocenters. The van der Waals surface area contributed by atoms with Gasteiger partial charge in [-0.15, -0.1) is 11.3 Å². The van der Waals surface area contributed by atoms with Crippen molar-refractivity contribution in [3.05, 3.63) is 71.5 Å². The van der Waals surface area contributed by atoms with Crippen LogP contribution in [0, 0.1) is 0 Å². The van der Waals surface area contributed by atoms with Gasteiger partial charge in [0.15, 0.2) is 11.5 Å². The molecule has 7 nitrogen and oxygen atoms in total. The van der Waals surface area contributed by atoms with Gasteiger partial charge in [0.25, 0.3) is 0 Å². The lowest BCUT2D eigenvalue weighted by Crippen LogP contribution is -2.01. The molecule has 162 valence electrons. The van der Waals surface area contributed by atoms with Crippen molar-refractivity contribution in [2.75, 3.05) is 13.7 Å². The highest BCUT2D eigenvalue weighted by molar-refractivity contribution is 7.13. The molecule has 0 aliphatic rings. The van der Waals surface area contributed by atoms with Crippen molar-refractivity contribution in [3.8, 4) is 22.1 Å². The van der Waals surface area contributed by atoms with Gasteiger partial charge in [0.1, 0.15) is 11.6 Å². The number of methoxy groups -OCH3 is 1. The standard InChI is InChI=1S/C24H21N3O4S/c1-3-30-21-10-8-16(12-22(21)29-2)24-27-18(15-32-24)14-31-23(28)11-9-17-13-25-19-6-4-5-7-20(19)26-17/h4-13,15H,3,14H2,1-2H3/b11-9+. The zero-order valence-corrected chi connectivity index (χ0v) is 18.5. The van der Waals surface area contributed by atoms with Gasteiger partial charge in [-0.2, -0.15) is 0 Å². The molecule has 4 aromatic rings. The molecule has 0 aliphatic carbocycles. The van der Waals surface area contributed by atoms with Gasteiger partial charge >= 0.3 is 5.97 Å². The molecule has 0 radical (unpaired) electrons. The molecule has 0 fully saturated rings. The lowest BCUT2D eigenvalue weighted by Gasteiger charge is -2.09. The lowest BCUT2D eigenvalue weighted by atomic mass is 10.2. The Balaban J connectivity index is 1.37. The third-order valence-electron chi connectivity index (χ3n) is 4.48. The first-order valence-electron chi connectivity index (χ1n) is 9.98. The topological polar surface area (TPSA) is 83.4 Å². The molecule has 2 aromatic carbocycles. The Hall–Kier alpha value is -3.78. The van der Waals surface area contributed by atoms with E-state index < -0.39 is 5.97 Å². The number of hydrogen-bond acceptors (Lipinski definition) is 8. The van der Waals surface area contributed by atoms with Gasteiger partial charge in [0, 0.05) is 17.0 Å². The van der Waals surface area contributed by atoms with Crippen molar-refractivity contribution in [3.63, 3.8) is 0 Å². The number of nitrogens with zero attached hydrogens (tertiary/aromatic N) is 3. The molecule has 2 aromatic heterocycles. The highest BCUT2D eigenvalue weighted by Gasteiger charge is 2.11. The second kappa shape index (κ2) is 10.0. The van der Waals surface area contributed by atoms with E-state index in [9.17, 15) is 4.79 Å². The van der Waals surface area contributed by atoms with Crippen molar-refractivity contribution < 1.29 is 19.0 Å². The summed E-state index contributed by atoms with van der Waals surface area (Å²) in [5.41, 5.74) is 3.73. The zero-order valence-electron chi connectivity index (χ0n) is 17.6. The molecule has 0 bridgehead atoms. The van der Waals surface area contributed by atoms with E-state index in [1.165, 1.54) is 17.4 Å². The molecular formula is C24H21N3O4S.